The molecule has 1 fully saturated rings. The number of phenolic OH excluding ortho intramolecular Hbond substituents is 1. The summed E-state index contributed by atoms with van der Waals surface area (Å²) in [6, 6.07) is 14.4. The Balaban J connectivity index is 1.34. The molecule has 0 bridgehead atoms. The smallest absolute Gasteiger partial charge is 0.184 e. The summed E-state index contributed by atoms with van der Waals surface area (Å²) in [5.41, 5.74) is 1.98. The topological polar surface area (TPSA) is 57.6 Å². The first-order valence-corrected chi connectivity index (χ1v) is 9.74. The van der Waals surface area contributed by atoms with E-state index in [2.05, 4.69) is 33.4 Å². The van der Waals surface area contributed by atoms with Crippen molar-refractivity contribution in [2.75, 3.05) is 25.5 Å². The summed E-state index contributed by atoms with van der Waals surface area (Å²) in [5, 5.41) is 14.9. The number of methoxy groups -OCH3 is 1. The number of piperidine rings is 1. The van der Waals surface area contributed by atoms with Crippen molar-refractivity contribution in [1.82, 2.24) is 9.88 Å². The standard InChI is InChI=1S/C20H23N3O2S/c1-25-17-7-4-5-14(19(17)24)13-23-11-9-15(10-12-23)21-20-22-16-6-2-3-8-18(16)26-20/h2-8,15,24H,9-13H2,1H3,(H,21,22). The number of benzene rings is 2. The van der Waals surface area contributed by atoms with Gasteiger partial charge in [0.2, 0.25) is 0 Å². The van der Waals surface area contributed by atoms with E-state index in [-0.39, 0.29) is 5.75 Å². The van der Waals surface area contributed by atoms with Crippen LogP contribution in [0.15, 0.2) is 42.5 Å². The first-order chi connectivity index (χ1) is 12.7. The molecule has 1 saturated heterocycles. The molecule has 0 atom stereocenters. The van der Waals surface area contributed by atoms with Gasteiger partial charge in [-0.2, -0.15) is 0 Å². The third-order valence-electron chi connectivity index (χ3n) is 4.91. The fraction of sp³-hybridized carbons (Fsp3) is 0.350. The van der Waals surface area contributed by atoms with Crippen LogP contribution in [0.2, 0.25) is 0 Å². The summed E-state index contributed by atoms with van der Waals surface area (Å²) < 4.78 is 6.42. The van der Waals surface area contributed by atoms with Crippen LogP contribution in [0.5, 0.6) is 11.5 Å². The Morgan fingerprint density at radius 3 is 2.77 bits per heavy atom. The SMILES string of the molecule is COc1cccc(CN2CCC(Nc3nc4ccccc4s3)CC2)c1O. The number of nitrogens with zero attached hydrogens (tertiary/aromatic N) is 2. The molecular formula is C20H23N3O2S. The molecule has 6 heteroatoms. The molecule has 1 aliphatic rings. The average Bonchev–Trinajstić information content (AvgIpc) is 3.07. The van der Waals surface area contributed by atoms with Crippen molar-refractivity contribution in [3.8, 4) is 11.5 Å². The summed E-state index contributed by atoms with van der Waals surface area (Å²) >= 11 is 1.72. The molecule has 0 aliphatic carbocycles. The van der Waals surface area contributed by atoms with Crippen LogP contribution in [-0.2, 0) is 6.54 Å². The molecule has 0 radical (unpaired) electrons. The van der Waals surface area contributed by atoms with Crippen LogP contribution in [0.25, 0.3) is 10.2 Å². The predicted molar refractivity (Wildman–Crippen MR) is 106 cm³/mol. The van der Waals surface area contributed by atoms with Crippen LogP contribution < -0.4 is 10.1 Å². The molecule has 2 aromatic carbocycles. The molecular weight excluding hydrogens is 346 g/mol. The molecule has 136 valence electrons. The van der Waals surface area contributed by atoms with E-state index in [1.165, 1.54) is 4.70 Å². The zero-order valence-corrected chi connectivity index (χ0v) is 15.6. The summed E-state index contributed by atoms with van der Waals surface area (Å²) in [5.74, 6) is 0.791. The summed E-state index contributed by atoms with van der Waals surface area (Å²) in [6.45, 7) is 2.75. The van der Waals surface area contributed by atoms with Crippen LogP contribution in [-0.4, -0.2) is 41.2 Å². The first kappa shape index (κ1) is 17.1. The van der Waals surface area contributed by atoms with Crippen LogP contribution >= 0.6 is 11.3 Å². The molecule has 0 amide bonds. The fourth-order valence-corrected chi connectivity index (χ4v) is 4.39. The Kier molecular flexibility index (Phi) is 4.95. The molecule has 3 aromatic rings. The number of fused-ring (bicyclic) bond motifs is 1. The quantitative estimate of drug-likeness (QED) is 0.709. The molecule has 2 heterocycles. The van der Waals surface area contributed by atoms with Crippen molar-refractivity contribution < 1.29 is 9.84 Å². The fourth-order valence-electron chi connectivity index (χ4n) is 3.44. The lowest BCUT2D eigenvalue weighted by Gasteiger charge is -2.32. The highest BCUT2D eigenvalue weighted by molar-refractivity contribution is 7.22. The highest BCUT2D eigenvalue weighted by atomic mass is 32.1. The zero-order valence-electron chi connectivity index (χ0n) is 14.8. The summed E-state index contributed by atoms with van der Waals surface area (Å²) in [4.78, 5) is 7.05. The maximum absolute atomic E-state index is 10.3. The van der Waals surface area contributed by atoms with Gasteiger partial charge < -0.3 is 15.2 Å². The number of ether oxygens (including phenoxy) is 1. The normalized spacial score (nSPS) is 16.0. The van der Waals surface area contributed by atoms with Crippen LogP contribution in [0.4, 0.5) is 5.13 Å². The third kappa shape index (κ3) is 3.61. The molecule has 2 N–H and O–H groups in total. The number of nitrogens with one attached hydrogen (secondary N) is 1. The van der Waals surface area contributed by atoms with E-state index in [0.29, 0.717) is 11.8 Å². The van der Waals surface area contributed by atoms with Gasteiger partial charge in [-0.15, -0.1) is 0 Å². The second-order valence-electron chi connectivity index (χ2n) is 6.65. The monoisotopic (exact) mass is 369 g/mol. The van der Waals surface area contributed by atoms with E-state index < -0.39 is 0 Å². The van der Waals surface area contributed by atoms with Crippen LogP contribution in [0, 0.1) is 0 Å². The number of hydrogen-bond donors (Lipinski definition) is 2. The van der Waals surface area contributed by atoms with Gasteiger partial charge in [-0.3, -0.25) is 4.90 Å². The molecule has 0 spiro atoms. The Morgan fingerprint density at radius 1 is 1.19 bits per heavy atom. The van der Waals surface area contributed by atoms with Gasteiger partial charge in [0, 0.05) is 31.2 Å². The lowest BCUT2D eigenvalue weighted by molar-refractivity contribution is 0.208. The Labute approximate surface area is 157 Å². The number of anilines is 1. The Bertz CT molecular complexity index is 855. The molecule has 0 saturated carbocycles. The van der Waals surface area contributed by atoms with Gasteiger partial charge >= 0.3 is 0 Å². The summed E-state index contributed by atoms with van der Waals surface area (Å²) in [7, 11) is 1.58. The van der Waals surface area contributed by atoms with Gasteiger partial charge in [0.25, 0.3) is 0 Å². The molecule has 0 unspecified atom stereocenters. The molecule has 5 nitrogen and oxygen atoms in total. The molecule has 26 heavy (non-hydrogen) atoms. The minimum absolute atomic E-state index is 0.254. The van der Waals surface area contributed by atoms with E-state index in [1.54, 1.807) is 24.5 Å². The number of thiazole rings is 1. The summed E-state index contributed by atoms with van der Waals surface area (Å²) in [6.07, 6.45) is 2.14. The van der Waals surface area contributed by atoms with Gasteiger partial charge in [0.1, 0.15) is 0 Å². The van der Waals surface area contributed by atoms with E-state index in [0.717, 1.165) is 48.7 Å². The van der Waals surface area contributed by atoms with Crippen LogP contribution in [0.3, 0.4) is 0 Å². The first-order valence-electron chi connectivity index (χ1n) is 8.92. The van der Waals surface area contributed by atoms with E-state index in [9.17, 15) is 5.11 Å². The van der Waals surface area contributed by atoms with Gasteiger partial charge in [-0.25, -0.2) is 4.98 Å². The minimum atomic E-state index is 0.254. The lowest BCUT2D eigenvalue weighted by Crippen LogP contribution is -2.38. The van der Waals surface area contributed by atoms with Crippen molar-refractivity contribution in [1.29, 1.82) is 0 Å². The molecule has 4 rings (SSSR count). The van der Waals surface area contributed by atoms with Crippen molar-refractivity contribution in [3.63, 3.8) is 0 Å². The van der Waals surface area contributed by atoms with Crippen molar-refractivity contribution in [2.45, 2.75) is 25.4 Å². The number of aromatic nitrogens is 1. The number of rotatable bonds is 5. The van der Waals surface area contributed by atoms with E-state index in [4.69, 9.17) is 4.74 Å². The van der Waals surface area contributed by atoms with Gasteiger partial charge in [-0.05, 0) is 31.0 Å². The zero-order chi connectivity index (χ0) is 17.9. The third-order valence-corrected chi connectivity index (χ3v) is 5.87. The largest absolute Gasteiger partial charge is 0.504 e. The Hall–Kier alpha value is -2.31. The van der Waals surface area contributed by atoms with Crippen molar-refractivity contribution >= 4 is 26.7 Å². The average molecular weight is 369 g/mol. The minimum Gasteiger partial charge on any atom is -0.504 e. The molecule has 1 aromatic heterocycles. The Morgan fingerprint density at radius 2 is 2.00 bits per heavy atom. The number of likely N-dealkylation sites (tertiary alicyclic amines) is 1. The number of phenols is 1. The maximum Gasteiger partial charge on any atom is 0.184 e. The van der Waals surface area contributed by atoms with Gasteiger partial charge in [-0.1, -0.05) is 35.6 Å². The number of hydrogen-bond acceptors (Lipinski definition) is 6. The van der Waals surface area contributed by atoms with Crippen molar-refractivity contribution in [2.24, 2.45) is 0 Å². The maximum atomic E-state index is 10.3. The predicted octanol–water partition coefficient (Wildman–Crippen LogP) is 4.09. The molecule has 1 aliphatic heterocycles. The van der Waals surface area contributed by atoms with Gasteiger partial charge in [0.15, 0.2) is 16.6 Å². The van der Waals surface area contributed by atoms with Crippen LogP contribution in [0.1, 0.15) is 18.4 Å². The highest BCUT2D eigenvalue weighted by Crippen LogP contribution is 2.31. The van der Waals surface area contributed by atoms with E-state index >= 15 is 0 Å². The number of para-hydroxylation sites is 2. The van der Waals surface area contributed by atoms with Gasteiger partial charge in [0.05, 0.1) is 17.3 Å². The lowest BCUT2D eigenvalue weighted by atomic mass is 10.0. The number of aromatic hydroxyl groups is 1. The van der Waals surface area contributed by atoms with Crippen molar-refractivity contribution in [3.05, 3.63) is 48.0 Å². The second-order valence-corrected chi connectivity index (χ2v) is 7.68. The second kappa shape index (κ2) is 7.51. The highest BCUT2D eigenvalue weighted by Gasteiger charge is 2.21. The van der Waals surface area contributed by atoms with E-state index in [1.807, 2.05) is 18.2 Å².